The molecule has 2 heterocycles. The summed E-state index contributed by atoms with van der Waals surface area (Å²) in [6, 6.07) is -0.159. The average molecular weight is 357 g/mol. The molecule has 0 aliphatic carbocycles. The second kappa shape index (κ2) is 5.38. The molecule has 2 aromatic heterocycles. The summed E-state index contributed by atoms with van der Waals surface area (Å²) < 4.78 is 2.25. The molecule has 0 aromatic carbocycles. The number of nitrogens with zero attached hydrogens (tertiary/aromatic N) is 3. The van der Waals surface area contributed by atoms with Crippen molar-refractivity contribution < 1.29 is 5.11 Å². The van der Waals surface area contributed by atoms with Gasteiger partial charge in [0.25, 0.3) is 0 Å². The second-order valence-corrected chi connectivity index (χ2v) is 6.49. The van der Waals surface area contributed by atoms with E-state index in [4.69, 9.17) is 0 Å². The zero-order valence-corrected chi connectivity index (χ0v) is 14.0. The Kier molecular flexibility index (Phi) is 4.13. The summed E-state index contributed by atoms with van der Waals surface area (Å²) in [7, 11) is 0. The number of hydrogen-bond acceptors (Lipinski definition) is 5. The largest absolute Gasteiger partial charge is 0.388 e. The summed E-state index contributed by atoms with van der Waals surface area (Å²) in [6.45, 7) is 9.41. The molecule has 1 atom stereocenters. The zero-order valence-electron chi connectivity index (χ0n) is 11.6. The fourth-order valence-corrected chi connectivity index (χ4v) is 2.23. The quantitative estimate of drug-likeness (QED) is 0.736. The second-order valence-electron chi connectivity index (χ2n) is 5.25. The first-order valence-corrected chi connectivity index (χ1v) is 7.30. The van der Waals surface area contributed by atoms with Crippen molar-refractivity contribution in [2.24, 2.45) is 0 Å². The van der Waals surface area contributed by atoms with Crippen molar-refractivity contribution in [2.75, 3.05) is 0 Å². The van der Waals surface area contributed by atoms with Crippen LogP contribution in [-0.4, -0.2) is 30.7 Å². The maximum Gasteiger partial charge on any atom is 0.169 e. The fraction of sp³-hybridized carbons (Fsp3) is 0.385. The average Bonchev–Trinajstić information content (AvgIpc) is 2.65. The van der Waals surface area contributed by atoms with Crippen LogP contribution in [0, 0.1) is 0 Å². The van der Waals surface area contributed by atoms with Crippen LogP contribution in [0.15, 0.2) is 23.6 Å². The SMILES string of the molecule is C=C(N[C@H](C)C(C)(C)O)c1cn(S)c2ncc(Br)nc12. The van der Waals surface area contributed by atoms with E-state index in [-0.39, 0.29) is 6.04 Å². The predicted molar refractivity (Wildman–Crippen MR) is 87.5 cm³/mol. The molecule has 0 unspecified atom stereocenters. The van der Waals surface area contributed by atoms with Crippen molar-refractivity contribution in [3.63, 3.8) is 0 Å². The Morgan fingerprint density at radius 1 is 1.60 bits per heavy atom. The van der Waals surface area contributed by atoms with Gasteiger partial charge in [-0.05, 0) is 36.7 Å². The van der Waals surface area contributed by atoms with Crippen LogP contribution in [0.2, 0.25) is 0 Å². The molecule has 0 aliphatic heterocycles. The van der Waals surface area contributed by atoms with E-state index in [2.05, 4.69) is 50.6 Å². The lowest BCUT2D eigenvalue weighted by Gasteiger charge is -2.28. The number of thiol groups is 1. The molecular formula is C13H17BrN4OS. The third kappa shape index (κ3) is 2.99. The highest BCUT2D eigenvalue weighted by molar-refractivity contribution is 9.10. The van der Waals surface area contributed by atoms with Crippen LogP contribution < -0.4 is 5.32 Å². The number of nitrogens with one attached hydrogen (secondary N) is 1. The molecular weight excluding hydrogens is 340 g/mol. The van der Waals surface area contributed by atoms with E-state index in [9.17, 15) is 5.11 Å². The number of fused-ring (bicyclic) bond motifs is 1. The Bertz CT molecular complexity index is 662. The third-order valence-electron chi connectivity index (χ3n) is 3.22. The minimum atomic E-state index is -0.853. The molecule has 0 spiro atoms. The first-order valence-electron chi connectivity index (χ1n) is 6.11. The molecule has 0 bridgehead atoms. The summed E-state index contributed by atoms with van der Waals surface area (Å²) >= 11 is 7.64. The summed E-state index contributed by atoms with van der Waals surface area (Å²) in [6.07, 6.45) is 3.42. The molecule has 5 nitrogen and oxygen atoms in total. The van der Waals surface area contributed by atoms with Gasteiger partial charge in [-0.3, -0.25) is 3.97 Å². The van der Waals surface area contributed by atoms with E-state index in [1.165, 1.54) is 0 Å². The van der Waals surface area contributed by atoms with Crippen molar-refractivity contribution in [1.82, 2.24) is 19.3 Å². The highest BCUT2D eigenvalue weighted by atomic mass is 79.9. The van der Waals surface area contributed by atoms with E-state index < -0.39 is 5.60 Å². The zero-order chi connectivity index (χ0) is 15.1. The van der Waals surface area contributed by atoms with Gasteiger partial charge in [-0.2, -0.15) is 0 Å². The van der Waals surface area contributed by atoms with Gasteiger partial charge in [-0.15, -0.1) is 0 Å². The van der Waals surface area contributed by atoms with Crippen molar-refractivity contribution >= 4 is 45.6 Å². The van der Waals surface area contributed by atoms with Gasteiger partial charge in [0.2, 0.25) is 0 Å². The molecule has 0 radical (unpaired) electrons. The predicted octanol–water partition coefficient (Wildman–Crippen LogP) is 2.61. The number of aliphatic hydroxyl groups is 1. The molecule has 0 fully saturated rings. The number of hydrogen-bond donors (Lipinski definition) is 3. The Hall–Kier alpha value is -1.05. The van der Waals surface area contributed by atoms with Crippen molar-refractivity contribution in [2.45, 2.75) is 32.4 Å². The van der Waals surface area contributed by atoms with E-state index in [1.54, 1.807) is 30.2 Å². The number of halogens is 1. The fourth-order valence-electron chi connectivity index (χ4n) is 1.69. The topological polar surface area (TPSA) is 63.0 Å². The van der Waals surface area contributed by atoms with Crippen LogP contribution in [0.4, 0.5) is 0 Å². The first kappa shape index (κ1) is 15.3. The summed E-state index contributed by atoms with van der Waals surface area (Å²) in [5.74, 6) is 0. The molecule has 20 heavy (non-hydrogen) atoms. The van der Waals surface area contributed by atoms with Crippen LogP contribution in [0.1, 0.15) is 26.3 Å². The van der Waals surface area contributed by atoms with Gasteiger partial charge in [0, 0.05) is 17.5 Å². The molecule has 7 heteroatoms. The van der Waals surface area contributed by atoms with Crippen LogP contribution >= 0.6 is 28.7 Å². The Morgan fingerprint density at radius 2 is 2.25 bits per heavy atom. The van der Waals surface area contributed by atoms with Gasteiger partial charge in [0.05, 0.1) is 17.8 Å². The summed E-state index contributed by atoms with van der Waals surface area (Å²) in [5, 5.41) is 13.2. The van der Waals surface area contributed by atoms with E-state index in [1.807, 2.05) is 6.92 Å². The van der Waals surface area contributed by atoms with Gasteiger partial charge in [-0.25, -0.2) is 9.97 Å². The van der Waals surface area contributed by atoms with E-state index >= 15 is 0 Å². The Balaban J connectivity index is 2.38. The first-order chi connectivity index (χ1) is 9.20. The van der Waals surface area contributed by atoms with Crippen molar-refractivity contribution in [1.29, 1.82) is 0 Å². The van der Waals surface area contributed by atoms with Crippen molar-refractivity contribution in [3.05, 3.63) is 29.1 Å². The lowest BCUT2D eigenvalue weighted by Crippen LogP contribution is -2.43. The molecule has 0 saturated heterocycles. The molecule has 2 rings (SSSR count). The third-order valence-corrected chi connectivity index (χ3v) is 3.91. The molecule has 0 aliphatic rings. The lowest BCUT2D eigenvalue weighted by atomic mass is 10.0. The van der Waals surface area contributed by atoms with Gasteiger partial charge < -0.3 is 10.4 Å². The lowest BCUT2D eigenvalue weighted by molar-refractivity contribution is 0.0503. The summed E-state index contributed by atoms with van der Waals surface area (Å²) in [4.78, 5) is 8.68. The summed E-state index contributed by atoms with van der Waals surface area (Å²) in [5.41, 5.74) is 1.99. The van der Waals surface area contributed by atoms with Crippen LogP contribution in [0.5, 0.6) is 0 Å². The highest BCUT2D eigenvalue weighted by Crippen LogP contribution is 2.25. The van der Waals surface area contributed by atoms with E-state index in [0.717, 1.165) is 5.56 Å². The van der Waals surface area contributed by atoms with Gasteiger partial charge in [0.15, 0.2) is 5.65 Å². The highest BCUT2D eigenvalue weighted by Gasteiger charge is 2.23. The normalized spacial score (nSPS) is 13.5. The smallest absolute Gasteiger partial charge is 0.169 e. The van der Waals surface area contributed by atoms with Gasteiger partial charge in [-0.1, -0.05) is 19.4 Å². The Labute approximate surface area is 131 Å². The minimum absolute atomic E-state index is 0.159. The monoisotopic (exact) mass is 356 g/mol. The molecule has 108 valence electrons. The van der Waals surface area contributed by atoms with Crippen LogP contribution in [0.25, 0.3) is 16.9 Å². The minimum Gasteiger partial charge on any atom is -0.388 e. The number of rotatable bonds is 4. The molecule has 0 amide bonds. The van der Waals surface area contributed by atoms with Crippen molar-refractivity contribution in [3.8, 4) is 0 Å². The standard InChI is InChI=1S/C13H17BrN4OS/c1-7(16-8(2)13(3,4)19)9-6-18(20)12-11(9)17-10(14)5-15-12/h5-6,8,16,19-20H,1H2,2-4H3/t8-/m1/s1. The maximum atomic E-state index is 9.99. The van der Waals surface area contributed by atoms with Gasteiger partial charge >= 0.3 is 0 Å². The Morgan fingerprint density at radius 3 is 2.85 bits per heavy atom. The maximum absolute atomic E-state index is 9.99. The van der Waals surface area contributed by atoms with E-state index in [0.29, 0.717) is 21.5 Å². The number of aromatic nitrogens is 3. The molecule has 2 N–H and O–H groups in total. The van der Waals surface area contributed by atoms with Gasteiger partial charge in [0.1, 0.15) is 10.1 Å². The van der Waals surface area contributed by atoms with Crippen LogP contribution in [0.3, 0.4) is 0 Å². The molecule has 2 aromatic rings. The van der Waals surface area contributed by atoms with Crippen LogP contribution in [-0.2, 0) is 0 Å². The molecule has 0 saturated carbocycles.